The van der Waals surface area contributed by atoms with Crippen molar-refractivity contribution < 1.29 is 24.5 Å². The lowest BCUT2D eigenvalue weighted by Crippen LogP contribution is -2.14. The van der Waals surface area contributed by atoms with Gasteiger partial charge in [0.1, 0.15) is 0 Å². The molecule has 0 aromatic carbocycles. The number of nitrogens with one attached hydrogen (secondary N) is 2. The van der Waals surface area contributed by atoms with E-state index in [1.165, 1.54) is 12.5 Å². The van der Waals surface area contributed by atoms with E-state index in [-0.39, 0.29) is 11.8 Å². The quantitative estimate of drug-likeness (QED) is 0.529. The smallest absolute Gasteiger partial charge is 0.261 e. The Morgan fingerprint density at radius 1 is 1.00 bits per heavy atom. The van der Waals surface area contributed by atoms with Crippen LogP contribution in [0.2, 0.25) is 0 Å². The SMILES string of the molecule is C1=C(OC2=COON2)NOO1. The summed E-state index contributed by atoms with van der Waals surface area (Å²) >= 11 is 0. The van der Waals surface area contributed by atoms with Gasteiger partial charge in [-0.15, -0.1) is 0 Å². The average molecular weight is 160 g/mol. The largest absolute Gasteiger partial charge is 0.414 e. The molecule has 60 valence electrons. The maximum absolute atomic E-state index is 4.97. The van der Waals surface area contributed by atoms with Gasteiger partial charge in [0.2, 0.25) is 0 Å². The summed E-state index contributed by atoms with van der Waals surface area (Å²) in [6.07, 6.45) is 2.47. The third-order valence-corrected chi connectivity index (χ3v) is 0.911. The van der Waals surface area contributed by atoms with Crippen LogP contribution in [-0.2, 0) is 24.5 Å². The summed E-state index contributed by atoms with van der Waals surface area (Å²) < 4.78 is 4.97. The minimum Gasteiger partial charge on any atom is -0.414 e. The summed E-state index contributed by atoms with van der Waals surface area (Å²) in [5.74, 6) is 0.579. The molecule has 0 saturated carbocycles. The second kappa shape index (κ2) is 2.56. The summed E-state index contributed by atoms with van der Waals surface area (Å²) in [5.41, 5.74) is 4.62. The van der Waals surface area contributed by atoms with E-state index in [1.807, 2.05) is 0 Å². The highest BCUT2D eigenvalue weighted by Crippen LogP contribution is 2.09. The topological polar surface area (TPSA) is 70.2 Å². The van der Waals surface area contributed by atoms with Crippen molar-refractivity contribution >= 4 is 0 Å². The van der Waals surface area contributed by atoms with Crippen molar-refractivity contribution in [2.24, 2.45) is 0 Å². The molecule has 0 unspecified atom stereocenters. The van der Waals surface area contributed by atoms with Gasteiger partial charge in [-0.25, -0.2) is 0 Å². The van der Waals surface area contributed by atoms with E-state index in [1.54, 1.807) is 0 Å². The lowest BCUT2D eigenvalue weighted by atomic mass is 10.8. The fourth-order valence-electron chi connectivity index (χ4n) is 0.522. The molecule has 0 radical (unpaired) electrons. The molecular weight excluding hydrogens is 156 g/mol. The van der Waals surface area contributed by atoms with Crippen molar-refractivity contribution in [1.82, 2.24) is 11.0 Å². The molecule has 0 amide bonds. The second-order valence-electron chi connectivity index (χ2n) is 1.63. The Kier molecular flexibility index (Phi) is 1.43. The Hall–Kier alpha value is -1.60. The molecule has 0 spiro atoms. The number of hydroxylamine groups is 2. The van der Waals surface area contributed by atoms with Crippen LogP contribution in [0.25, 0.3) is 0 Å². The Balaban J connectivity index is 1.89. The second-order valence-corrected chi connectivity index (χ2v) is 1.63. The van der Waals surface area contributed by atoms with Crippen molar-refractivity contribution in [3.8, 4) is 0 Å². The number of rotatable bonds is 2. The zero-order valence-electron chi connectivity index (χ0n) is 5.20. The molecule has 0 atom stereocenters. The third kappa shape index (κ3) is 1.28. The van der Waals surface area contributed by atoms with Crippen molar-refractivity contribution in [3.05, 3.63) is 24.3 Å². The predicted octanol–water partition coefficient (Wildman–Crippen LogP) is -0.466. The van der Waals surface area contributed by atoms with Crippen LogP contribution in [0.4, 0.5) is 0 Å². The highest BCUT2D eigenvalue weighted by Gasteiger charge is 2.13. The van der Waals surface area contributed by atoms with Crippen LogP contribution in [0.15, 0.2) is 24.3 Å². The zero-order valence-corrected chi connectivity index (χ0v) is 5.20. The number of ether oxygens (including phenoxy) is 1. The van der Waals surface area contributed by atoms with Crippen LogP contribution in [0, 0.1) is 0 Å². The van der Waals surface area contributed by atoms with Crippen LogP contribution in [0.3, 0.4) is 0 Å². The molecule has 7 nitrogen and oxygen atoms in total. The summed E-state index contributed by atoms with van der Waals surface area (Å²) in [6, 6.07) is 0. The first-order valence-electron chi connectivity index (χ1n) is 2.70. The van der Waals surface area contributed by atoms with E-state index < -0.39 is 0 Å². The summed E-state index contributed by atoms with van der Waals surface area (Å²) in [7, 11) is 0. The average Bonchev–Trinajstić information content (AvgIpc) is 2.60. The lowest BCUT2D eigenvalue weighted by molar-refractivity contribution is -0.271. The maximum Gasteiger partial charge on any atom is 0.261 e. The highest BCUT2D eigenvalue weighted by molar-refractivity contribution is 4.93. The predicted molar refractivity (Wildman–Crippen MR) is 27.9 cm³/mol. The molecule has 2 heterocycles. The van der Waals surface area contributed by atoms with E-state index >= 15 is 0 Å². The summed E-state index contributed by atoms with van der Waals surface area (Å²) in [5, 5.41) is 0. The van der Waals surface area contributed by atoms with E-state index in [2.05, 4.69) is 30.7 Å². The van der Waals surface area contributed by atoms with Crippen molar-refractivity contribution in [2.75, 3.05) is 0 Å². The molecule has 2 aliphatic heterocycles. The molecule has 2 rings (SSSR count). The standard InChI is InChI=1S/C4H4N2O5/c1-3(5-10-7-1)9-4-2-8-11-6-4/h1-2,5-6H. The highest BCUT2D eigenvalue weighted by atomic mass is 17.3. The minimum absolute atomic E-state index is 0.290. The molecule has 2 N–H and O–H groups in total. The molecule has 2 aliphatic rings. The van der Waals surface area contributed by atoms with Crippen LogP contribution < -0.4 is 11.0 Å². The monoisotopic (exact) mass is 160 g/mol. The van der Waals surface area contributed by atoms with Gasteiger partial charge in [-0.05, 0) is 0 Å². The van der Waals surface area contributed by atoms with Gasteiger partial charge >= 0.3 is 0 Å². The Morgan fingerprint density at radius 2 is 1.55 bits per heavy atom. The van der Waals surface area contributed by atoms with Gasteiger partial charge in [-0.2, -0.15) is 11.0 Å². The van der Waals surface area contributed by atoms with Gasteiger partial charge in [-0.3, -0.25) is 0 Å². The molecule has 0 fully saturated rings. The Bertz CT molecular complexity index is 191. The first kappa shape index (κ1) is 6.13. The number of hydrogen-bond acceptors (Lipinski definition) is 7. The molecule has 0 aliphatic carbocycles. The molecular formula is C4H4N2O5. The van der Waals surface area contributed by atoms with Crippen molar-refractivity contribution in [1.29, 1.82) is 0 Å². The third-order valence-electron chi connectivity index (χ3n) is 0.911. The van der Waals surface area contributed by atoms with Crippen LogP contribution in [-0.4, -0.2) is 0 Å². The Labute approximate surface area is 60.9 Å². The minimum atomic E-state index is 0.290. The molecule has 7 heteroatoms. The van der Waals surface area contributed by atoms with E-state index in [9.17, 15) is 0 Å². The van der Waals surface area contributed by atoms with Gasteiger partial charge < -0.3 is 14.5 Å². The first-order valence-corrected chi connectivity index (χ1v) is 2.70. The molecule has 0 aromatic heterocycles. The van der Waals surface area contributed by atoms with E-state index in [0.717, 1.165) is 0 Å². The molecule has 0 bridgehead atoms. The zero-order chi connectivity index (χ0) is 7.52. The van der Waals surface area contributed by atoms with Crippen LogP contribution >= 0.6 is 0 Å². The van der Waals surface area contributed by atoms with Gasteiger partial charge in [-0.1, -0.05) is 9.98 Å². The van der Waals surface area contributed by atoms with Crippen molar-refractivity contribution in [2.45, 2.75) is 0 Å². The van der Waals surface area contributed by atoms with Gasteiger partial charge in [0.15, 0.2) is 12.5 Å². The summed E-state index contributed by atoms with van der Waals surface area (Å²) in [6.45, 7) is 0. The van der Waals surface area contributed by atoms with Gasteiger partial charge in [0.25, 0.3) is 11.8 Å². The fourth-order valence-corrected chi connectivity index (χ4v) is 0.522. The van der Waals surface area contributed by atoms with E-state index in [4.69, 9.17) is 4.74 Å². The molecule has 0 aromatic rings. The maximum atomic E-state index is 4.97. The molecule has 11 heavy (non-hydrogen) atoms. The number of hydrogen-bond donors (Lipinski definition) is 2. The van der Waals surface area contributed by atoms with Gasteiger partial charge in [0, 0.05) is 0 Å². The fraction of sp³-hybridized carbons (Fsp3) is 0. The lowest BCUT2D eigenvalue weighted by Gasteiger charge is -2.00. The van der Waals surface area contributed by atoms with E-state index in [0.29, 0.717) is 0 Å². The van der Waals surface area contributed by atoms with Crippen molar-refractivity contribution in [3.63, 3.8) is 0 Å². The summed E-state index contributed by atoms with van der Waals surface area (Å²) in [4.78, 5) is 17.2. The molecule has 0 saturated heterocycles. The Morgan fingerprint density at radius 3 is 1.91 bits per heavy atom. The van der Waals surface area contributed by atoms with Crippen LogP contribution in [0.1, 0.15) is 0 Å². The van der Waals surface area contributed by atoms with Crippen LogP contribution in [0.5, 0.6) is 0 Å². The first-order chi connectivity index (χ1) is 5.45. The van der Waals surface area contributed by atoms with Gasteiger partial charge in [0.05, 0.1) is 0 Å². The normalized spacial score (nSPS) is 20.4.